The average Bonchev–Trinajstić information content (AvgIpc) is 2.98. The van der Waals surface area contributed by atoms with Gasteiger partial charge < -0.3 is 10.4 Å². The summed E-state index contributed by atoms with van der Waals surface area (Å²) in [5.41, 5.74) is 0. The molecule has 1 atom stereocenters. The molecule has 1 aromatic heterocycles. The number of likely N-dealkylation sites (tertiary alicyclic amines) is 1. The van der Waals surface area contributed by atoms with Crippen molar-refractivity contribution in [3.8, 4) is 0 Å². The van der Waals surface area contributed by atoms with E-state index in [1.165, 1.54) is 11.3 Å². The minimum Gasteiger partial charge on any atom is -0.481 e. The number of carbonyl (C=O) groups is 2. The minimum absolute atomic E-state index is 0.0613. The van der Waals surface area contributed by atoms with Gasteiger partial charge in [-0.1, -0.05) is 0 Å². The molecule has 0 bridgehead atoms. The van der Waals surface area contributed by atoms with Crippen LogP contribution in [0.3, 0.4) is 0 Å². The first-order chi connectivity index (χ1) is 9.13. The van der Waals surface area contributed by atoms with Crippen molar-refractivity contribution in [3.05, 3.63) is 11.6 Å². The predicted molar refractivity (Wildman–Crippen MR) is 72.2 cm³/mol. The Balaban J connectivity index is 1.69. The lowest BCUT2D eigenvalue weighted by Crippen LogP contribution is -2.31. The van der Waals surface area contributed by atoms with Crippen molar-refractivity contribution in [1.29, 1.82) is 0 Å². The Labute approximate surface area is 115 Å². The van der Waals surface area contributed by atoms with Gasteiger partial charge >= 0.3 is 5.97 Å². The van der Waals surface area contributed by atoms with Gasteiger partial charge in [-0.3, -0.25) is 14.5 Å². The maximum absolute atomic E-state index is 11.8. The standard InChI is InChI=1S/C12H17N3O3S/c16-10(14-12-13-4-6-19-12)8-15-5-3-9(7-15)1-2-11(17)18/h4,6,9H,1-3,5,7-8H2,(H,17,18)(H,13,14,16). The molecular formula is C12H17N3O3S. The van der Waals surface area contributed by atoms with Crippen molar-refractivity contribution in [2.45, 2.75) is 19.3 Å². The summed E-state index contributed by atoms with van der Waals surface area (Å²) in [6, 6.07) is 0. The minimum atomic E-state index is -0.750. The Morgan fingerprint density at radius 2 is 2.42 bits per heavy atom. The van der Waals surface area contributed by atoms with E-state index in [9.17, 15) is 9.59 Å². The molecule has 7 heteroatoms. The first kappa shape index (κ1) is 14.0. The smallest absolute Gasteiger partial charge is 0.303 e. The first-order valence-corrected chi connectivity index (χ1v) is 7.15. The van der Waals surface area contributed by atoms with Crippen LogP contribution in [0.2, 0.25) is 0 Å². The fourth-order valence-electron chi connectivity index (χ4n) is 2.27. The summed E-state index contributed by atoms with van der Waals surface area (Å²) in [7, 11) is 0. The molecule has 1 aliphatic heterocycles. The van der Waals surface area contributed by atoms with Gasteiger partial charge in [0.05, 0.1) is 6.54 Å². The van der Waals surface area contributed by atoms with Crippen LogP contribution in [0.25, 0.3) is 0 Å². The van der Waals surface area contributed by atoms with E-state index in [4.69, 9.17) is 5.11 Å². The third kappa shape index (κ3) is 4.60. The molecule has 0 aliphatic carbocycles. The topological polar surface area (TPSA) is 82.5 Å². The zero-order valence-electron chi connectivity index (χ0n) is 10.5. The normalized spacial score (nSPS) is 19.5. The lowest BCUT2D eigenvalue weighted by atomic mass is 10.0. The third-order valence-electron chi connectivity index (χ3n) is 3.18. The molecule has 0 radical (unpaired) electrons. The molecule has 1 amide bonds. The second kappa shape index (κ2) is 6.63. The second-order valence-corrected chi connectivity index (χ2v) is 5.60. The molecule has 19 heavy (non-hydrogen) atoms. The summed E-state index contributed by atoms with van der Waals surface area (Å²) in [5.74, 6) is -0.419. The Morgan fingerprint density at radius 1 is 1.58 bits per heavy atom. The van der Waals surface area contributed by atoms with Crippen molar-refractivity contribution >= 4 is 28.3 Å². The molecule has 104 valence electrons. The van der Waals surface area contributed by atoms with Gasteiger partial charge in [0.2, 0.25) is 5.91 Å². The summed E-state index contributed by atoms with van der Waals surface area (Å²) in [5, 5.41) is 13.8. The van der Waals surface area contributed by atoms with Crippen molar-refractivity contribution in [3.63, 3.8) is 0 Å². The molecule has 2 N–H and O–H groups in total. The van der Waals surface area contributed by atoms with Crippen molar-refractivity contribution < 1.29 is 14.7 Å². The van der Waals surface area contributed by atoms with E-state index in [0.717, 1.165) is 19.5 Å². The number of hydrogen-bond donors (Lipinski definition) is 2. The van der Waals surface area contributed by atoms with E-state index in [2.05, 4.69) is 15.2 Å². The van der Waals surface area contributed by atoms with Crippen LogP contribution in [0.4, 0.5) is 5.13 Å². The maximum Gasteiger partial charge on any atom is 0.303 e. The molecule has 1 unspecified atom stereocenters. The van der Waals surface area contributed by atoms with Crippen LogP contribution >= 0.6 is 11.3 Å². The highest BCUT2D eigenvalue weighted by atomic mass is 32.1. The third-order valence-corrected chi connectivity index (χ3v) is 3.87. The first-order valence-electron chi connectivity index (χ1n) is 6.27. The highest BCUT2D eigenvalue weighted by Crippen LogP contribution is 2.20. The molecule has 0 aromatic carbocycles. The number of anilines is 1. The highest BCUT2D eigenvalue weighted by Gasteiger charge is 2.24. The fraction of sp³-hybridized carbons (Fsp3) is 0.583. The Bertz CT molecular complexity index is 435. The van der Waals surface area contributed by atoms with Gasteiger partial charge in [-0.25, -0.2) is 4.98 Å². The van der Waals surface area contributed by atoms with Gasteiger partial charge in [0.1, 0.15) is 0 Å². The zero-order valence-corrected chi connectivity index (χ0v) is 11.4. The van der Waals surface area contributed by atoms with E-state index >= 15 is 0 Å². The van der Waals surface area contributed by atoms with Gasteiger partial charge in [0.25, 0.3) is 0 Å². The van der Waals surface area contributed by atoms with Gasteiger partial charge in [-0.15, -0.1) is 11.3 Å². The summed E-state index contributed by atoms with van der Waals surface area (Å²) >= 11 is 1.39. The SMILES string of the molecule is O=C(O)CCC1CCN(CC(=O)Nc2nccs2)C1. The number of carboxylic acids is 1. The van der Waals surface area contributed by atoms with Crippen LogP contribution < -0.4 is 5.32 Å². The van der Waals surface area contributed by atoms with Gasteiger partial charge in [-0.2, -0.15) is 0 Å². The predicted octanol–water partition coefficient (Wildman–Crippen LogP) is 1.27. The molecule has 6 nitrogen and oxygen atoms in total. The molecule has 1 aliphatic rings. The van der Waals surface area contributed by atoms with E-state index < -0.39 is 5.97 Å². The summed E-state index contributed by atoms with van der Waals surface area (Å²) < 4.78 is 0. The number of aromatic nitrogens is 1. The average molecular weight is 283 g/mol. The number of amides is 1. The Morgan fingerprint density at radius 3 is 3.11 bits per heavy atom. The van der Waals surface area contributed by atoms with Gasteiger partial charge in [0.15, 0.2) is 5.13 Å². The molecule has 2 rings (SSSR count). The van der Waals surface area contributed by atoms with Crippen LogP contribution in [-0.2, 0) is 9.59 Å². The number of nitrogens with one attached hydrogen (secondary N) is 1. The number of rotatable bonds is 6. The molecule has 0 spiro atoms. The Hall–Kier alpha value is -1.47. The zero-order chi connectivity index (χ0) is 13.7. The van der Waals surface area contributed by atoms with Crippen LogP contribution in [0.1, 0.15) is 19.3 Å². The molecule has 1 saturated heterocycles. The molecule has 1 aromatic rings. The number of carbonyl (C=O) groups excluding carboxylic acids is 1. The maximum atomic E-state index is 11.8. The largest absolute Gasteiger partial charge is 0.481 e. The lowest BCUT2D eigenvalue weighted by molar-refractivity contribution is -0.137. The highest BCUT2D eigenvalue weighted by molar-refractivity contribution is 7.13. The van der Waals surface area contributed by atoms with E-state index in [1.54, 1.807) is 6.20 Å². The second-order valence-electron chi connectivity index (χ2n) is 4.71. The van der Waals surface area contributed by atoms with Crippen LogP contribution in [0.15, 0.2) is 11.6 Å². The van der Waals surface area contributed by atoms with E-state index in [0.29, 0.717) is 24.0 Å². The lowest BCUT2D eigenvalue weighted by Gasteiger charge is -2.14. The summed E-state index contributed by atoms with van der Waals surface area (Å²) in [6.45, 7) is 2.01. The quantitative estimate of drug-likeness (QED) is 0.821. The summed E-state index contributed by atoms with van der Waals surface area (Å²) in [6.07, 6.45) is 3.53. The molecule has 0 saturated carbocycles. The van der Waals surface area contributed by atoms with E-state index in [1.807, 2.05) is 5.38 Å². The monoisotopic (exact) mass is 283 g/mol. The van der Waals surface area contributed by atoms with Gasteiger partial charge in [0, 0.05) is 24.5 Å². The fourth-order valence-corrected chi connectivity index (χ4v) is 2.81. The number of aliphatic carboxylic acids is 1. The van der Waals surface area contributed by atoms with E-state index in [-0.39, 0.29) is 12.3 Å². The molecule has 2 heterocycles. The molecule has 1 fully saturated rings. The molecular weight excluding hydrogens is 266 g/mol. The summed E-state index contributed by atoms with van der Waals surface area (Å²) in [4.78, 5) is 28.3. The Kier molecular flexibility index (Phi) is 4.86. The van der Waals surface area contributed by atoms with Crippen LogP contribution in [-0.4, -0.2) is 46.5 Å². The number of hydrogen-bond acceptors (Lipinski definition) is 5. The number of nitrogens with zero attached hydrogens (tertiary/aromatic N) is 2. The van der Waals surface area contributed by atoms with Crippen molar-refractivity contribution in [2.24, 2.45) is 5.92 Å². The number of thiazole rings is 1. The van der Waals surface area contributed by atoms with Crippen molar-refractivity contribution in [2.75, 3.05) is 25.0 Å². The van der Waals surface area contributed by atoms with Crippen molar-refractivity contribution in [1.82, 2.24) is 9.88 Å². The van der Waals surface area contributed by atoms with Gasteiger partial charge in [-0.05, 0) is 25.3 Å². The van der Waals surface area contributed by atoms with Crippen LogP contribution in [0.5, 0.6) is 0 Å². The number of carboxylic acid groups (broad SMARTS) is 1. The van der Waals surface area contributed by atoms with Crippen LogP contribution in [0, 0.1) is 5.92 Å².